The van der Waals surface area contributed by atoms with Crippen molar-refractivity contribution in [3.05, 3.63) is 76.3 Å². The monoisotopic (exact) mass is 655 g/mol. The Balaban J connectivity index is 0.00000387. The molecule has 41 heavy (non-hydrogen) atoms. The van der Waals surface area contributed by atoms with Crippen molar-refractivity contribution in [1.82, 2.24) is 15.2 Å². The third kappa shape index (κ3) is 7.35. The molecule has 4 aromatic rings. The number of hydrogen-bond donors (Lipinski definition) is 2. The van der Waals surface area contributed by atoms with Gasteiger partial charge in [-0.2, -0.15) is 0 Å². The molecule has 0 unspecified atom stereocenters. The number of carbonyl (C=O) groups is 1. The Morgan fingerprint density at radius 1 is 1.05 bits per heavy atom. The van der Waals surface area contributed by atoms with Gasteiger partial charge in [0.2, 0.25) is 0 Å². The van der Waals surface area contributed by atoms with Gasteiger partial charge in [0.05, 0.1) is 21.7 Å². The Kier molecular flexibility index (Phi) is 10.2. The van der Waals surface area contributed by atoms with Crippen molar-refractivity contribution in [2.75, 3.05) is 56.0 Å². The number of piperazine rings is 1. The van der Waals surface area contributed by atoms with Gasteiger partial charge in [-0.1, -0.05) is 40.6 Å². The van der Waals surface area contributed by atoms with Crippen LogP contribution in [0.15, 0.2) is 65.6 Å². The minimum atomic E-state index is -3.81. The van der Waals surface area contributed by atoms with Gasteiger partial charge in [-0.25, -0.2) is 13.4 Å². The van der Waals surface area contributed by atoms with Gasteiger partial charge in [0.1, 0.15) is 5.52 Å². The van der Waals surface area contributed by atoms with Crippen LogP contribution in [0.4, 0.5) is 10.8 Å². The van der Waals surface area contributed by atoms with Gasteiger partial charge in [-0.3, -0.25) is 14.4 Å². The maximum Gasteiger partial charge on any atom is 0.261 e. The third-order valence-electron chi connectivity index (χ3n) is 6.52. The maximum absolute atomic E-state index is 12.8. The number of thiazole rings is 1. The average molecular weight is 657 g/mol. The first-order valence-electron chi connectivity index (χ1n) is 12.5. The number of hydrogen-bond acceptors (Lipinski definition) is 8. The van der Waals surface area contributed by atoms with Crippen molar-refractivity contribution in [3.8, 4) is 5.75 Å². The van der Waals surface area contributed by atoms with Crippen LogP contribution >= 0.6 is 46.9 Å². The number of fused-ring (bicyclic) bond motifs is 1. The number of anilines is 2. The first kappa shape index (κ1) is 31.1. The van der Waals surface area contributed by atoms with E-state index in [1.165, 1.54) is 30.3 Å². The van der Waals surface area contributed by atoms with Gasteiger partial charge >= 0.3 is 0 Å². The van der Waals surface area contributed by atoms with Crippen molar-refractivity contribution >= 4 is 83.9 Å². The molecule has 1 aromatic heterocycles. The van der Waals surface area contributed by atoms with Crippen molar-refractivity contribution < 1.29 is 17.9 Å². The quantitative estimate of drug-likeness (QED) is 0.249. The lowest BCUT2D eigenvalue weighted by Gasteiger charge is -2.34. The number of aromatic nitrogens is 1. The number of benzene rings is 3. The molecule has 1 amide bonds. The van der Waals surface area contributed by atoms with Crippen LogP contribution < -0.4 is 19.7 Å². The van der Waals surface area contributed by atoms with Crippen molar-refractivity contribution in [1.29, 1.82) is 0 Å². The zero-order valence-corrected chi connectivity index (χ0v) is 25.9. The minimum Gasteiger partial charge on any atom is -0.493 e. The molecule has 9 nitrogen and oxygen atoms in total. The summed E-state index contributed by atoms with van der Waals surface area (Å²) in [4.78, 5) is 22.2. The lowest BCUT2D eigenvalue weighted by atomic mass is 10.2. The van der Waals surface area contributed by atoms with Crippen LogP contribution in [-0.4, -0.2) is 70.6 Å². The van der Waals surface area contributed by atoms with Gasteiger partial charge in [0.15, 0.2) is 10.9 Å². The van der Waals surface area contributed by atoms with Crippen LogP contribution in [0.3, 0.4) is 0 Å². The summed E-state index contributed by atoms with van der Waals surface area (Å²) in [5, 5.41) is 4.86. The molecule has 1 fully saturated rings. The van der Waals surface area contributed by atoms with E-state index >= 15 is 0 Å². The van der Waals surface area contributed by atoms with E-state index in [1.54, 1.807) is 36.6 Å². The second-order valence-electron chi connectivity index (χ2n) is 9.15. The van der Waals surface area contributed by atoms with Crippen molar-refractivity contribution in [2.24, 2.45) is 0 Å². The number of sulfonamides is 1. The largest absolute Gasteiger partial charge is 0.493 e. The fourth-order valence-corrected chi connectivity index (χ4v) is 6.83. The minimum absolute atomic E-state index is 0. The van der Waals surface area contributed by atoms with Crippen LogP contribution in [0, 0.1) is 0 Å². The molecule has 0 spiro atoms. The Labute approximate surface area is 258 Å². The SMILES string of the molecule is COc1c(Cl)ccc2sc(N3CCN(CCNC(=O)c4cccc(NS(=O)(=O)c5ccc(Cl)cc5)c4)CC3)nc12.Cl. The summed E-state index contributed by atoms with van der Waals surface area (Å²) < 4.78 is 34.3. The summed E-state index contributed by atoms with van der Waals surface area (Å²) in [5.41, 5.74) is 1.45. The van der Waals surface area contributed by atoms with Gasteiger partial charge in [0.25, 0.3) is 15.9 Å². The summed E-state index contributed by atoms with van der Waals surface area (Å²) in [6.07, 6.45) is 0. The van der Waals surface area contributed by atoms with Gasteiger partial charge in [-0.05, 0) is 54.6 Å². The highest BCUT2D eigenvalue weighted by Gasteiger charge is 2.22. The molecule has 2 N–H and O–H groups in total. The Hall–Kier alpha value is -2.80. The third-order valence-corrected chi connectivity index (χ3v) is 9.54. The molecule has 14 heteroatoms. The highest BCUT2D eigenvalue weighted by molar-refractivity contribution is 7.92. The van der Waals surface area contributed by atoms with E-state index in [-0.39, 0.29) is 23.2 Å². The predicted molar refractivity (Wildman–Crippen MR) is 168 cm³/mol. The van der Waals surface area contributed by atoms with E-state index in [0.717, 1.165) is 41.5 Å². The van der Waals surface area contributed by atoms with Crippen LogP contribution in [0.5, 0.6) is 5.75 Å². The molecule has 0 radical (unpaired) electrons. The van der Waals surface area contributed by atoms with Crippen LogP contribution in [0.1, 0.15) is 10.4 Å². The van der Waals surface area contributed by atoms with Gasteiger partial charge in [0, 0.05) is 55.5 Å². The number of nitrogens with zero attached hydrogens (tertiary/aromatic N) is 3. The molecule has 0 saturated carbocycles. The molecule has 0 atom stereocenters. The lowest BCUT2D eigenvalue weighted by molar-refractivity contribution is 0.0948. The van der Waals surface area contributed by atoms with Gasteiger partial charge in [-0.15, -0.1) is 12.4 Å². The fraction of sp³-hybridized carbons (Fsp3) is 0.259. The zero-order chi connectivity index (χ0) is 28.3. The lowest BCUT2D eigenvalue weighted by Crippen LogP contribution is -2.48. The molecule has 1 aliphatic rings. The Morgan fingerprint density at radius 3 is 2.49 bits per heavy atom. The summed E-state index contributed by atoms with van der Waals surface area (Å²) >= 11 is 13.7. The number of halogens is 3. The standard InChI is InChI=1S/C27H27Cl2N5O4S2.ClH/c1-38-25-22(29)9-10-23-24(25)31-27(39-23)34-15-13-33(14-16-34)12-11-30-26(35)18-3-2-4-20(17-18)32-40(36,37)21-7-5-19(28)6-8-21;/h2-10,17,32H,11-16H2,1H3,(H,30,35);1H. The Bertz CT molecular complexity index is 1630. The molecular weight excluding hydrogens is 629 g/mol. The number of amides is 1. The molecule has 1 aliphatic heterocycles. The van der Waals surface area contributed by atoms with E-state index < -0.39 is 10.0 Å². The fourth-order valence-electron chi connectivity index (χ4n) is 4.41. The second kappa shape index (κ2) is 13.5. The first-order chi connectivity index (χ1) is 19.2. The number of rotatable bonds is 9. The van der Waals surface area contributed by atoms with E-state index in [9.17, 15) is 13.2 Å². The predicted octanol–water partition coefficient (Wildman–Crippen LogP) is 5.39. The highest BCUT2D eigenvalue weighted by Crippen LogP contribution is 2.38. The molecule has 2 heterocycles. The maximum atomic E-state index is 12.8. The van der Waals surface area contributed by atoms with Crippen molar-refractivity contribution in [2.45, 2.75) is 4.90 Å². The molecule has 5 rings (SSSR count). The molecule has 1 saturated heterocycles. The molecule has 0 aliphatic carbocycles. The molecule has 0 bridgehead atoms. The zero-order valence-electron chi connectivity index (χ0n) is 22.0. The van der Waals surface area contributed by atoms with Crippen LogP contribution in [0.2, 0.25) is 10.0 Å². The van der Waals surface area contributed by atoms with E-state index in [4.69, 9.17) is 32.9 Å². The topological polar surface area (TPSA) is 104 Å². The Morgan fingerprint density at radius 2 is 1.78 bits per heavy atom. The van der Waals surface area contributed by atoms with E-state index in [0.29, 0.717) is 40.1 Å². The van der Waals surface area contributed by atoms with Crippen LogP contribution in [-0.2, 0) is 10.0 Å². The number of nitrogens with one attached hydrogen (secondary N) is 2. The molecule has 3 aromatic carbocycles. The number of ether oxygens (including phenoxy) is 1. The number of carbonyl (C=O) groups excluding carboxylic acids is 1. The van der Waals surface area contributed by atoms with E-state index in [1.807, 2.05) is 12.1 Å². The summed E-state index contributed by atoms with van der Waals surface area (Å²) in [6, 6.07) is 16.1. The highest BCUT2D eigenvalue weighted by atomic mass is 35.5. The van der Waals surface area contributed by atoms with Crippen LogP contribution in [0.25, 0.3) is 10.2 Å². The van der Waals surface area contributed by atoms with E-state index in [2.05, 4.69) is 19.8 Å². The smallest absolute Gasteiger partial charge is 0.261 e. The summed E-state index contributed by atoms with van der Waals surface area (Å²) in [7, 11) is -2.21. The molecular formula is C27H28Cl3N5O4S2. The van der Waals surface area contributed by atoms with Gasteiger partial charge < -0.3 is 15.0 Å². The molecule has 218 valence electrons. The summed E-state index contributed by atoms with van der Waals surface area (Å²) in [5.74, 6) is 0.328. The normalized spacial score (nSPS) is 14.0. The number of methoxy groups -OCH3 is 1. The first-order valence-corrected chi connectivity index (χ1v) is 15.6. The van der Waals surface area contributed by atoms with Crippen molar-refractivity contribution in [3.63, 3.8) is 0 Å². The average Bonchev–Trinajstić information content (AvgIpc) is 3.38. The second-order valence-corrected chi connectivity index (χ2v) is 12.7. The summed E-state index contributed by atoms with van der Waals surface area (Å²) in [6.45, 7) is 4.48.